The first-order valence-electron chi connectivity index (χ1n) is 10.5. The number of esters is 1. The van der Waals surface area contributed by atoms with E-state index in [2.05, 4.69) is 48.8 Å². The minimum atomic E-state index is -0.555. The van der Waals surface area contributed by atoms with Gasteiger partial charge in [-0.3, -0.25) is 4.79 Å². The van der Waals surface area contributed by atoms with Crippen molar-refractivity contribution in [3.63, 3.8) is 0 Å². The summed E-state index contributed by atoms with van der Waals surface area (Å²) in [5, 5.41) is 2.69. The Bertz CT molecular complexity index is 1340. The first-order valence-corrected chi connectivity index (χ1v) is 12.3. The second-order valence-electron chi connectivity index (χ2n) is 7.54. The zero-order valence-electron chi connectivity index (χ0n) is 18.8. The number of anilines is 1. The molecule has 0 saturated heterocycles. The fourth-order valence-corrected chi connectivity index (χ4v) is 4.22. The van der Waals surface area contributed by atoms with Crippen LogP contribution in [-0.4, -0.2) is 24.9 Å². The van der Waals surface area contributed by atoms with Crippen LogP contribution < -0.4 is 14.8 Å². The number of aliphatic imine (C=N–C) groups is 1. The number of carbonyl (C=O) groups is 2. The lowest BCUT2D eigenvalue weighted by molar-refractivity contribution is -0.129. The Kier molecular flexibility index (Phi) is 7.86. The second-order valence-corrected chi connectivity index (χ2v) is 9.64. The zero-order chi connectivity index (χ0) is 24.9. The van der Waals surface area contributed by atoms with Crippen LogP contribution in [0.4, 0.5) is 5.69 Å². The van der Waals surface area contributed by atoms with E-state index in [0.29, 0.717) is 39.4 Å². The van der Waals surface area contributed by atoms with Crippen LogP contribution in [-0.2, 0) is 20.9 Å². The fourth-order valence-electron chi connectivity index (χ4n) is 3.29. The summed E-state index contributed by atoms with van der Waals surface area (Å²) >= 11 is 5.80. The highest BCUT2D eigenvalue weighted by Crippen LogP contribution is 2.38. The van der Waals surface area contributed by atoms with Gasteiger partial charge in [0.2, 0.25) is 11.8 Å². The molecule has 3 aromatic rings. The summed E-state index contributed by atoms with van der Waals surface area (Å²) in [5.41, 5.74) is 3.14. The summed E-state index contributed by atoms with van der Waals surface area (Å²) in [4.78, 5) is 28.0. The third-order valence-corrected chi connectivity index (χ3v) is 6.23. The predicted molar refractivity (Wildman–Crippen MR) is 146 cm³/mol. The van der Waals surface area contributed by atoms with E-state index in [1.165, 1.54) is 6.92 Å². The van der Waals surface area contributed by atoms with Crippen molar-refractivity contribution in [2.45, 2.75) is 13.5 Å². The van der Waals surface area contributed by atoms with Gasteiger partial charge in [0.1, 0.15) is 6.61 Å². The highest BCUT2D eigenvalue weighted by molar-refractivity contribution is 14.1. The summed E-state index contributed by atoms with van der Waals surface area (Å²) in [6, 6.07) is 18.5. The lowest BCUT2D eigenvalue weighted by atomic mass is 10.1. The molecule has 1 amide bonds. The number of ether oxygens (including phenoxy) is 3. The highest BCUT2D eigenvalue weighted by Gasteiger charge is 2.24. The Morgan fingerprint density at radius 1 is 1.14 bits per heavy atom. The maximum Gasteiger partial charge on any atom is 0.363 e. The van der Waals surface area contributed by atoms with E-state index in [1.807, 2.05) is 30.3 Å². The Balaban J connectivity index is 1.54. The smallest absolute Gasteiger partial charge is 0.363 e. The quantitative estimate of drug-likeness (QED) is 0.195. The SMILES string of the molecule is COc1cc(/C=C2\N=C(c3ccc(NC(C)=O)cc3)OC2=O)cc(Br)c1OCc1ccc(I)cc1. The number of hydrogen-bond acceptors (Lipinski definition) is 6. The average molecular weight is 647 g/mol. The number of methoxy groups -OCH3 is 1. The van der Waals surface area contributed by atoms with Crippen molar-refractivity contribution >= 4 is 68.1 Å². The largest absolute Gasteiger partial charge is 0.493 e. The average Bonchev–Trinajstić information content (AvgIpc) is 3.19. The number of nitrogens with zero attached hydrogens (tertiary/aromatic N) is 1. The maximum atomic E-state index is 12.4. The molecule has 9 heteroatoms. The molecule has 178 valence electrons. The third kappa shape index (κ3) is 6.29. The van der Waals surface area contributed by atoms with Gasteiger partial charge in [0.05, 0.1) is 11.6 Å². The molecule has 0 aromatic heterocycles. The van der Waals surface area contributed by atoms with Crippen LogP contribution in [0.25, 0.3) is 6.08 Å². The van der Waals surface area contributed by atoms with Gasteiger partial charge in [-0.15, -0.1) is 0 Å². The van der Waals surface area contributed by atoms with E-state index in [-0.39, 0.29) is 17.5 Å². The van der Waals surface area contributed by atoms with Gasteiger partial charge in [-0.05, 0) is 104 Å². The van der Waals surface area contributed by atoms with Gasteiger partial charge >= 0.3 is 5.97 Å². The van der Waals surface area contributed by atoms with Crippen LogP contribution in [0.5, 0.6) is 11.5 Å². The van der Waals surface area contributed by atoms with Crippen molar-refractivity contribution in [1.29, 1.82) is 0 Å². The van der Waals surface area contributed by atoms with Gasteiger partial charge in [0.25, 0.3) is 0 Å². The third-order valence-electron chi connectivity index (χ3n) is 4.92. The molecule has 0 bridgehead atoms. The molecular formula is C26H20BrIN2O5. The highest BCUT2D eigenvalue weighted by atomic mass is 127. The van der Waals surface area contributed by atoms with Crippen LogP contribution >= 0.6 is 38.5 Å². The lowest BCUT2D eigenvalue weighted by Crippen LogP contribution is -2.07. The molecule has 4 rings (SSSR count). The molecule has 0 unspecified atom stereocenters. The Morgan fingerprint density at radius 3 is 2.51 bits per heavy atom. The second kappa shape index (κ2) is 11.0. The monoisotopic (exact) mass is 646 g/mol. The van der Waals surface area contributed by atoms with Crippen molar-refractivity contribution in [2.75, 3.05) is 12.4 Å². The van der Waals surface area contributed by atoms with Crippen molar-refractivity contribution in [3.05, 3.63) is 91.1 Å². The van der Waals surface area contributed by atoms with Crippen LogP contribution in [0.15, 0.2) is 75.8 Å². The minimum Gasteiger partial charge on any atom is -0.493 e. The van der Waals surface area contributed by atoms with E-state index in [1.54, 1.807) is 43.5 Å². The Morgan fingerprint density at radius 2 is 1.86 bits per heavy atom. The first-order chi connectivity index (χ1) is 16.8. The van der Waals surface area contributed by atoms with Crippen LogP contribution in [0.1, 0.15) is 23.6 Å². The van der Waals surface area contributed by atoms with Crippen LogP contribution in [0.2, 0.25) is 0 Å². The van der Waals surface area contributed by atoms with Gasteiger partial charge in [-0.2, -0.15) is 0 Å². The van der Waals surface area contributed by atoms with E-state index in [4.69, 9.17) is 14.2 Å². The molecular weight excluding hydrogens is 627 g/mol. The van der Waals surface area contributed by atoms with E-state index in [0.717, 1.165) is 9.13 Å². The molecule has 0 radical (unpaired) electrons. The normalized spacial score (nSPS) is 13.9. The number of amides is 1. The number of nitrogens with one attached hydrogen (secondary N) is 1. The molecule has 35 heavy (non-hydrogen) atoms. The van der Waals surface area contributed by atoms with Gasteiger partial charge in [-0.25, -0.2) is 9.79 Å². The summed E-state index contributed by atoms with van der Waals surface area (Å²) < 4.78 is 18.7. The molecule has 0 saturated carbocycles. The number of cyclic esters (lactones) is 1. The Labute approximate surface area is 224 Å². The molecule has 1 aliphatic rings. The molecule has 0 spiro atoms. The van der Waals surface area contributed by atoms with Gasteiger partial charge in [0.15, 0.2) is 17.2 Å². The number of rotatable bonds is 7. The van der Waals surface area contributed by atoms with Crippen LogP contribution in [0, 0.1) is 3.57 Å². The topological polar surface area (TPSA) is 86.2 Å². The first kappa shape index (κ1) is 24.9. The predicted octanol–water partition coefficient (Wildman–Crippen LogP) is 5.94. The number of halogens is 2. The summed E-state index contributed by atoms with van der Waals surface area (Å²) in [6.45, 7) is 1.82. The van der Waals surface area contributed by atoms with Gasteiger partial charge < -0.3 is 19.5 Å². The Hall–Kier alpha value is -3.18. The number of benzene rings is 3. The summed E-state index contributed by atoms with van der Waals surface area (Å²) in [6.07, 6.45) is 1.62. The molecule has 0 atom stereocenters. The molecule has 1 N–H and O–H groups in total. The van der Waals surface area contributed by atoms with Crippen molar-refractivity contribution in [1.82, 2.24) is 0 Å². The molecule has 0 fully saturated rings. The van der Waals surface area contributed by atoms with E-state index >= 15 is 0 Å². The molecule has 1 heterocycles. The molecule has 7 nitrogen and oxygen atoms in total. The van der Waals surface area contributed by atoms with Crippen molar-refractivity contribution in [3.8, 4) is 11.5 Å². The van der Waals surface area contributed by atoms with Crippen molar-refractivity contribution < 1.29 is 23.8 Å². The van der Waals surface area contributed by atoms with E-state index < -0.39 is 5.97 Å². The number of carbonyl (C=O) groups excluding carboxylic acids is 2. The molecule has 1 aliphatic heterocycles. The fraction of sp³-hybridized carbons (Fsp3) is 0.115. The van der Waals surface area contributed by atoms with Crippen LogP contribution in [0.3, 0.4) is 0 Å². The molecule has 0 aliphatic carbocycles. The lowest BCUT2D eigenvalue weighted by Gasteiger charge is -2.14. The molecule has 3 aromatic carbocycles. The summed E-state index contributed by atoms with van der Waals surface area (Å²) in [5.74, 6) is 0.547. The summed E-state index contributed by atoms with van der Waals surface area (Å²) in [7, 11) is 1.56. The van der Waals surface area contributed by atoms with Gasteiger partial charge in [-0.1, -0.05) is 12.1 Å². The standard InChI is InChI=1S/C26H20BrIN2O5/c1-15(31)29-20-9-5-18(6-10-20)25-30-22(26(32)35-25)12-17-11-21(27)24(23(13-17)33-2)34-14-16-3-7-19(28)8-4-16/h3-13H,14H2,1-2H3,(H,29,31)/b22-12-. The van der Waals surface area contributed by atoms with Crippen molar-refractivity contribution in [2.24, 2.45) is 4.99 Å². The maximum absolute atomic E-state index is 12.4. The van der Waals surface area contributed by atoms with E-state index in [9.17, 15) is 9.59 Å². The minimum absolute atomic E-state index is 0.160. The number of hydrogen-bond donors (Lipinski definition) is 1. The zero-order valence-corrected chi connectivity index (χ0v) is 22.5. The van der Waals surface area contributed by atoms with Gasteiger partial charge in [0, 0.05) is 21.7 Å².